The van der Waals surface area contributed by atoms with Crippen molar-refractivity contribution in [1.29, 1.82) is 0 Å². The minimum absolute atomic E-state index is 0.0518. The maximum Gasteiger partial charge on any atom is 0.412 e. The Morgan fingerprint density at radius 3 is 2.76 bits per heavy atom. The topological polar surface area (TPSA) is 96.3 Å². The molecular formula is C18H20N2O5. The van der Waals surface area contributed by atoms with Crippen molar-refractivity contribution in [1.82, 2.24) is 4.90 Å². The van der Waals surface area contributed by atoms with E-state index in [0.717, 1.165) is 5.56 Å². The molecule has 1 fully saturated rings. The first-order valence-corrected chi connectivity index (χ1v) is 7.96. The summed E-state index contributed by atoms with van der Waals surface area (Å²) < 4.78 is 5.30. The molecule has 0 bridgehead atoms. The van der Waals surface area contributed by atoms with E-state index < -0.39 is 23.6 Å². The molecule has 1 aliphatic heterocycles. The number of aliphatic imine (C=N–C) groups is 1. The van der Waals surface area contributed by atoms with Crippen molar-refractivity contribution in [2.75, 3.05) is 6.54 Å². The lowest BCUT2D eigenvalue weighted by Gasteiger charge is -2.37. The number of nitrogens with zero attached hydrogens (tertiary/aromatic N) is 2. The number of hydrogen-bond donors (Lipinski definition) is 1. The van der Waals surface area contributed by atoms with E-state index in [-0.39, 0.29) is 26.0 Å². The Hall–Kier alpha value is -2.92. The fourth-order valence-electron chi connectivity index (χ4n) is 3.16. The van der Waals surface area contributed by atoms with Crippen LogP contribution in [0, 0.1) is 5.92 Å². The number of likely N-dealkylation sites (tertiary alicyclic amines) is 1. The number of carbonyl (C=O) groups excluding carboxylic acids is 2. The second kappa shape index (κ2) is 8.26. The molecule has 25 heavy (non-hydrogen) atoms. The fraction of sp³-hybridized carbons (Fsp3) is 0.389. The lowest BCUT2D eigenvalue weighted by molar-refractivity contribution is -0.146. The molecule has 2 atom stereocenters. The number of aliphatic carboxylic acids is 1. The maximum absolute atomic E-state index is 12.5. The highest BCUT2D eigenvalue weighted by atomic mass is 16.6. The molecule has 2 rings (SSSR count). The lowest BCUT2D eigenvalue weighted by Crippen LogP contribution is -2.53. The summed E-state index contributed by atoms with van der Waals surface area (Å²) in [7, 11) is 0. The van der Waals surface area contributed by atoms with Gasteiger partial charge in [-0.05, 0) is 24.8 Å². The normalized spacial score (nSPS) is 20.4. The highest BCUT2D eigenvalue weighted by Crippen LogP contribution is 2.39. The minimum atomic E-state index is -1.49. The van der Waals surface area contributed by atoms with Crippen LogP contribution in [-0.2, 0) is 20.9 Å². The zero-order valence-corrected chi connectivity index (χ0v) is 13.8. The van der Waals surface area contributed by atoms with Crippen molar-refractivity contribution in [3.05, 3.63) is 48.6 Å². The predicted octanol–water partition coefficient (Wildman–Crippen LogP) is 2.73. The standard InChI is InChI=1S/C18H20N2O5/c1-2-7-15(16(22)23)18(19-13-21)10-6-11-20(18)17(24)25-12-14-8-4-3-5-9-14/h2-5,8-9,15H,1,6-7,10-12H2,(H,22,23)/t15-,18?/m0/s1. The molecule has 1 N–H and O–H groups in total. The maximum atomic E-state index is 12.5. The van der Waals surface area contributed by atoms with Gasteiger partial charge in [0.25, 0.3) is 0 Å². The fourth-order valence-corrected chi connectivity index (χ4v) is 3.16. The predicted molar refractivity (Wildman–Crippen MR) is 89.4 cm³/mol. The van der Waals surface area contributed by atoms with Crippen LogP contribution in [0.2, 0.25) is 0 Å². The molecule has 7 heteroatoms. The van der Waals surface area contributed by atoms with Gasteiger partial charge in [0.2, 0.25) is 6.08 Å². The highest BCUT2D eigenvalue weighted by Gasteiger charge is 2.53. The van der Waals surface area contributed by atoms with Crippen LogP contribution in [0.15, 0.2) is 48.0 Å². The molecule has 0 saturated carbocycles. The molecule has 1 amide bonds. The van der Waals surface area contributed by atoms with Gasteiger partial charge in [0.15, 0.2) is 5.66 Å². The number of benzene rings is 1. The van der Waals surface area contributed by atoms with Crippen molar-refractivity contribution in [2.45, 2.75) is 31.5 Å². The van der Waals surface area contributed by atoms with Gasteiger partial charge in [0.05, 0.1) is 0 Å². The first-order chi connectivity index (χ1) is 12.0. The first kappa shape index (κ1) is 18.4. The molecule has 1 heterocycles. The van der Waals surface area contributed by atoms with Gasteiger partial charge in [-0.1, -0.05) is 36.4 Å². The molecule has 0 aliphatic carbocycles. The van der Waals surface area contributed by atoms with E-state index in [0.29, 0.717) is 6.42 Å². The third kappa shape index (κ3) is 3.95. The van der Waals surface area contributed by atoms with Crippen molar-refractivity contribution < 1.29 is 24.2 Å². The Balaban J connectivity index is 2.23. The van der Waals surface area contributed by atoms with Crippen LogP contribution in [0.3, 0.4) is 0 Å². The number of carboxylic acids is 1. The molecular weight excluding hydrogens is 324 g/mol. The number of carbonyl (C=O) groups is 2. The van der Waals surface area contributed by atoms with Gasteiger partial charge >= 0.3 is 12.1 Å². The van der Waals surface area contributed by atoms with E-state index in [1.807, 2.05) is 30.3 Å². The monoisotopic (exact) mass is 344 g/mol. The highest BCUT2D eigenvalue weighted by molar-refractivity contribution is 5.76. The number of rotatable bonds is 7. The van der Waals surface area contributed by atoms with Gasteiger partial charge in [-0.2, -0.15) is 4.99 Å². The molecule has 1 saturated heterocycles. The number of amides is 1. The number of hydrogen-bond acceptors (Lipinski definition) is 5. The van der Waals surface area contributed by atoms with E-state index in [4.69, 9.17) is 4.74 Å². The zero-order chi connectivity index (χ0) is 18.3. The Labute approximate surface area is 145 Å². The van der Waals surface area contributed by atoms with Crippen molar-refractivity contribution in [3.8, 4) is 0 Å². The molecule has 1 aromatic carbocycles. The van der Waals surface area contributed by atoms with Crippen LogP contribution in [0.1, 0.15) is 24.8 Å². The molecule has 0 spiro atoms. The Morgan fingerprint density at radius 1 is 1.44 bits per heavy atom. The smallest absolute Gasteiger partial charge is 0.412 e. The third-order valence-electron chi connectivity index (χ3n) is 4.32. The third-order valence-corrected chi connectivity index (χ3v) is 4.32. The summed E-state index contributed by atoms with van der Waals surface area (Å²) >= 11 is 0. The quantitative estimate of drug-likeness (QED) is 0.466. The van der Waals surface area contributed by atoms with E-state index in [1.165, 1.54) is 17.1 Å². The van der Waals surface area contributed by atoms with E-state index in [9.17, 15) is 19.5 Å². The van der Waals surface area contributed by atoms with Crippen LogP contribution >= 0.6 is 0 Å². The van der Waals surface area contributed by atoms with Crippen LogP contribution < -0.4 is 0 Å². The lowest BCUT2D eigenvalue weighted by atomic mass is 9.87. The Kier molecular flexibility index (Phi) is 6.08. The summed E-state index contributed by atoms with van der Waals surface area (Å²) in [6.07, 6.45) is 3.02. The molecule has 1 unspecified atom stereocenters. The number of ether oxygens (including phenoxy) is 1. The van der Waals surface area contributed by atoms with Crippen molar-refractivity contribution in [2.24, 2.45) is 10.9 Å². The Morgan fingerprint density at radius 2 is 2.16 bits per heavy atom. The average Bonchev–Trinajstić information content (AvgIpc) is 3.03. The number of carboxylic acid groups (broad SMARTS) is 1. The molecule has 0 radical (unpaired) electrons. The molecule has 132 valence electrons. The first-order valence-electron chi connectivity index (χ1n) is 7.96. The van der Waals surface area contributed by atoms with E-state index in [2.05, 4.69) is 11.6 Å². The molecule has 0 aromatic heterocycles. The number of allylic oxidation sites excluding steroid dienone is 1. The summed E-state index contributed by atoms with van der Waals surface area (Å²) in [5.74, 6) is -2.24. The van der Waals surface area contributed by atoms with Gasteiger partial charge in [0, 0.05) is 6.54 Å². The molecule has 7 nitrogen and oxygen atoms in total. The van der Waals surface area contributed by atoms with Crippen LogP contribution in [-0.4, -0.2) is 40.4 Å². The van der Waals surface area contributed by atoms with Crippen molar-refractivity contribution in [3.63, 3.8) is 0 Å². The molecule has 1 aliphatic rings. The largest absolute Gasteiger partial charge is 0.481 e. The molecule has 1 aromatic rings. The minimum Gasteiger partial charge on any atom is -0.481 e. The zero-order valence-electron chi connectivity index (χ0n) is 13.8. The summed E-state index contributed by atoms with van der Waals surface area (Å²) in [5.41, 5.74) is -0.685. The summed E-state index contributed by atoms with van der Waals surface area (Å²) in [6.45, 7) is 3.87. The van der Waals surface area contributed by atoms with Gasteiger partial charge in [-0.25, -0.2) is 9.59 Å². The van der Waals surface area contributed by atoms with Crippen LogP contribution in [0.4, 0.5) is 4.79 Å². The second-order valence-electron chi connectivity index (χ2n) is 5.79. The van der Waals surface area contributed by atoms with Crippen LogP contribution in [0.5, 0.6) is 0 Å². The van der Waals surface area contributed by atoms with Gasteiger partial charge in [-0.3, -0.25) is 9.69 Å². The van der Waals surface area contributed by atoms with Gasteiger partial charge in [0.1, 0.15) is 12.5 Å². The van der Waals surface area contributed by atoms with Gasteiger partial charge < -0.3 is 9.84 Å². The average molecular weight is 344 g/mol. The van der Waals surface area contributed by atoms with Gasteiger partial charge in [-0.15, -0.1) is 6.58 Å². The second-order valence-corrected chi connectivity index (χ2v) is 5.79. The van der Waals surface area contributed by atoms with Crippen molar-refractivity contribution >= 4 is 18.1 Å². The summed E-state index contributed by atoms with van der Waals surface area (Å²) in [4.78, 5) is 40.1. The number of isocyanates is 1. The van der Waals surface area contributed by atoms with Crippen LogP contribution in [0.25, 0.3) is 0 Å². The van der Waals surface area contributed by atoms with E-state index in [1.54, 1.807) is 0 Å². The van der Waals surface area contributed by atoms with E-state index >= 15 is 0 Å². The Bertz CT molecular complexity index is 684. The summed E-state index contributed by atoms with van der Waals surface area (Å²) in [6, 6.07) is 9.12. The summed E-state index contributed by atoms with van der Waals surface area (Å²) in [5, 5.41) is 9.55. The SMILES string of the molecule is C=CC[C@@H](C(=O)O)C1(N=C=O)CCCN1C(=O)OCc1ccccc1.